The third kappa shape index (κ3) is 10.2. The van der Waals surface area contributed by atoms with E-state index < -0.39 is 48.9 Å². The van der Waals surface area contributed by atoms with Gasteiger partial charge in [0.05, 0.1) is 28.1 Å². The fourth-order valence-electron chi connectivity index (χ4n) is 4.47. The van der Waals surface area contributed by atoms with E-state index in [-0.39, 0.29) is 34.1 Å². The second-order valence-electron chi connectivity index (χ2n) is 10.2. The average molecular weight is 614 g/mol. The van der Waals surface area contributed by atoms with Crippen LogP contribution in [0.15, 0.2) is 83.8 Å². The number of ketones is 1. The number of carbonyl (C=O) groups excluding carboxylic acids is 2. The first kappa shape index (κ1) is 32.7. The van der Waals surface area contributed by atoms with Crippen molar-refractivity contribution in [2.45, 2.75) is 43.3 Å². The first-order valence-electron chi connectivity index (χ1n) is 13.5. The Morgan fingerprint density at radius 2 is 1.45 bits per heavy atom. The van der Waals surface area contributed by atoms with E-state index in [9.17, 15) is 31.2 Å². The van der Waals surface area contributed by atoms with Crippen LogP contribution in [0.3, 0.4) is 0 Å². The molecule has 0 aliphatic rings. The lowest BCUT2D eigenvalue weighted by molar-refractivity contribution is -0.137. The number of sulfone groups is 2. The zero-order chi connectivity index (χ0) is 30.8. The SMILES string of the molecule is Cc1cccc(S(=O)(=O)CC(CS(=O)(=O)Cc2ccccc2)C(=O)c2ccc(C(=O)NCCCCCC(=O)O)cc2)c1. The number of benzene rings is 3. The Morgan fingerprint density at radius 3 is 2.10 bits per heavy atom. The van der Waals surface area contributed by atoms with Crippen molar-refractivity contribution in [1.29, 1.82) is 0 Å². The van der Waals surface area contributed by atoms with E-state index in [2.05, 4.69) is 5.32 Å². The maximum Gasteiger partial charge on any atom is 0.303 e. The van der Waals surface area contributed by atoms with Gasteiger partial charge in [-0.25, -0.2) is 16.8 Å². The van der Waals surface area contributed by atoms with Gasteiger partial charge < -0.3 is 10.4 Å². The largest absolute Gasteiger partial charge is 0.481 e. The zero-order valence-electron chi connectivity index (χ0n) is 23.4. The summed E-state index contributed by atoms with van der Waals surface area (Å²) < 4.78 is 52.9. The van der Waals surface area contributed by atoms with E-state index in [0.717, 1.165) is 0 Å². The summed E-state index contributed by atoms with van der Waals surface area (Å²) in [5.74, 6) is -4.93. The lowest BCUT2D eigenvalue weighted by Gasteiger charge is -2.17. The molecule has 0 aliphatic carbocycles. The summed E-state index contributed by atoms with van der Waals surface area (Å²) in [6, 6.07) is 20.3. The molecule has 0 saturated heterocycles. The second-order valence-corrected chi connectivity index (χ2v) is 14.4. The van der Waals surface area contributed by atoms with Crippen molar-refractivity contribution >= 4 is 37.3 Å². The molecule has 11 heteroatoms. The fourth-order valence-corrected chi connectivity index (χ4v) is 7.96. The van der Waals surface area contributed by atoms with Crippen LogP contribution in [-0.2, 0) is 30.2 Å². The summed E-state index contributed by atoms with van der Waals surface area (Å²) in [5, 5.41) is 11.4. The molecule has 0 aromatic heterocycles. The van der Waals surface area contributed by atoms with Gasteiger partial charge in [-0.3, -0.25) is 14.4 Å². The van der Waals surface area contributed by atoms with Crippen LogP contribution in [0.2, 0.25) is 0 Å². The lowest BCUT2D eigenvalue weighted by atomic mass is 9.99. The van der Waals surface area contributed by atoms with Gasteiger partial charge in [-0.05, 0) is 55.2 Å². The molecule has 0 aliphatic heterocycles. The molecule has 2 N–H and O–H groups in total. The van der Waals surface area contributed by atoms with Crippen LogP contribution in [0.5, 0.6) is 0 Å². The highest BCUT2D eigenvalue weighted by Crippen LogP contribution is 2.22. The van der Waals surface area contributed by atoms with Gasteiger partial charge in [-0.1, -0.05) is 61.0 Å². The number of carbonyl (C=O) groups is 3. The second kappa shape index (κ2) is 14.9. The third-order valence-electron chi connectivity index (χ3n) is 6.61. The quantitative estimate of drug-likeness (QED) is 0.180. The molecular formula is C31H35NO8S2. The molecule has 1 amide bonds. The predicted octanol–water partition coefficient (Wildman–Crippen LogP) is 4.26. The molecule has 3 aromatic rings. The maximum atomic E-state index is 13.6. The topological polar surface area (TPSA) is 152 Å². The van der Waals surface area contributed by atoms with Crippen molar-refractivity contribution in [3.05, 3.63) is 101 Å². The Bertz CT molecular complexity index is 1600. The Balaban J connectivity index is 1.77. The summed E-state index contributed by atoms with van der Waals surface area (Å²) in [4.78, 5) is 36.7. The minimum Gasteiger partial charge on any atom is -0.481 e. The summed E-state index contributed by atoms with van der Waals surface area (Å²) in [5.41, 5.74) is 1.62. The molecule has 1 unspecified atom stereocenters. The van der Waals surface area contributed by atoms with E-state index >= 15 is 0 Å². The first-order chi connectivity index (χ1) is 19.9. The standard InChI is InChI=1S/C31H35NO8S2/c1-23-9-8-12-28(19-23)42(39,40)22-27(21-41(37,38)20-24-10-4-2-5-11-24)30(35)25-14-16-26(17-15-25)31(36)32-18-7-3-6-13-29(33)34/h2,4-5,8-12,14-17,19,27H,3,6-7,13,18,20-22H2,1H3,(H,32,36)(H,33,34). The molecule has 0 fully saturated rings. The highest BCUT2D eigenvalue weighted by Gasteiger charge is 2.32. The number of hydrogen-bond donors (Lipinski definition) is 2. The van der Waals surface area contributed by atoms with Crippen LogP contribution >= 0.6 is 0 Å². The van der Waals surface area contributed by atoms with Crippen molar-refractivity contribution in [2.75, 3.05) is 18.1 Å². The van der Waals surface area contributed by atoms with Crippen molar-refractivity contribution in [2.24, 2.45) is 5.92 Å². The van der Waals surface area contributed by atoms with Gasteiger partial charge in [-0.15, -0.1) is 0 Å². The molecule has 0 bridgehead atoms. The third-order valence-corrected chi connectivity index (χ3v) is 10.1. The molecule has 0 heterocycles. The van der Waals surface area contributed by atoms with Gasteiger partial charge in [0.15, 0.2) is 25.5 Å². The number of aryl methyl sites for hydroxylation is 1. The van der Waals surface area contributed by atoms with E-state index in [1.165, 1.54) is 36.4 Å². The number of amides is 1. The molecule has 3 aromatic carbocycles. The van der Waals surface area contributed by atoms with E-state index in [0.29, 0.717) is 36.9 Å². The van der Waals surface area contributed by atoms with Crippen LogP contribution < -0.4 is 5.32 Å². The van der Waals surface area contributed by atoms with E-state index in [4.69, 9.17) is 5.11 Å². The zero-order valence-corrected chi connectivity index (χ0v) is 25.0. The van der Waals surface area contributed by atoms with Gasteiger partial charge >= 0.3 is 5.97 Å². The van der Waals surface area contributed by atoms with Gasteiger partial charge in [0, 0.05) is 24.1 Å². The number of hydrogen-bond acceptors (Lipinski definition) is 7. The number of aliphatic carboxylic acids is 1. The van der Waals surface area contributed by atoms with Crippen molar-refractivity contribution in [1.82, 2.24) is 5.32 Å². The van der Waals surface area contributed by atoms with Crippen LogP contribution in [0.25, 0.3) is 0 Å². The minimum absolute atomic E-state index is 0.00994. The van der Waals surface area contributed by atoms with Crippen LogP contribution in [-0.4, -0.2) is 57.7 Å². The number of rotatable bonds is 16. The maximum absolute atomic E-state index is 13.6. The monoisotopic (exact) mass is 613 g/mol. The molecular weight excluding hydrogens is 578 g/mol. The van der Waals surface area contributed by atoms with Crippen LogP contribution in [0, 0.1) is 12.8 Å². The molecule has 0 radical (unpaired) electrons. The normalized spacial score (nSPS) is 12.4. The van der Waals surface area contributed by atoms with Crippen LogP contribution in [0.4, 0.5) is 0 Å². The minimum atomic E-state index is -4.01. The smallest absolute Gasteiger partial charge is 0.303 e. The molecule has 3 rings (SSSR count). The number of carboxylic acids is 1. The molecule has 9 nitrogen and oxygen atoms in total. The van der Waals surface area contributed by atoms with Crippen molar-refractivity contribution in [3.8, 4) is 0 Å². The first-order valence-corrected chi connectivity index (χ1v) is 17.0. The van der Waals surface area contributed by atoms with E-state index in [1.807, 2.05) is 0 Å². The number of Topliss-reactive ketones (excluding diaryl/α,β-unsaturated/α-hetero) is 1. The highest BCUT2D eigenvalue weighted by molar-refractivity contribution is 7.92. The Kier molecular flexibility index (Phi) is 11.6. The Morgan fingerprint density at radius 1 is 0.786 bits per heavy atom. The molecule has 224 valence electrons. The number of nitrogens with one attached hydrogen (secondary N) is 1. The summed E-state index contributed by atoms with van der Waals surface area (Å²) in [6.45, 7) is 2.10. The summed E-state index contributed by atoms with van der Waals surface area (Å²) >= 11 is 0. The molecule has 0 saturated carbocycles. The average Bonchev–Trinajstić information content (AvgIpc) is 2.94. The van der Waals surface area contributed by atoms with Gasteiger partial charge in [0.25, 0.3) is 5.91 Å². The van der Waals surface area contributed by atoms with Gasteiger partial charge in [0.1, 0.15) is 0 Å². The number of unbranched alkanes of at least 4 members (excludes halogenated alkanes) is 2. The van der Waals surface area contributed by atoms with E-state index in [1.54, 1.807) is 49.4 Å². The predicted molar refractivity (Wildman–Crippen MR) is 160 cm³/mol. The lowest BCUT2D eigenvalue weighted by Crippen LogP contribution is -2.31. The Hall–Kier alpha value is -3.83. The number of carboxylic acid groups (broad SMARTS) is 1. The van der Waals surface area contributed by atoms with Crippen molar-refractivity contribution in [3.63, 3.8) is 0 Å². The van der Waals surface area contributed by atoms with Crippen LogP contribution in [0.1, 0.15) is 57.5 Å². The van der Waals surface area contributed by atoms with Crippen molar-refractivity contribution < 1.29 is 36.3 Å². The summed E-state index contributed by atoms with van der Waals surface area (Å²) in [7, 11) is -7.88. The fraction of sp³-hybridized carbons (Fsp3) is 0.323. The highest BCUT2D eigenvalue weighted by atomic mass is 32.2. The Labute approximate surface area is 246 Å². The molecule has 42 heavy (non-hydrogen) atoms. The molecule has 0 spiro atoms. The van der Waals surface area contributed by atoms with Gasteiger partial charge in [0.2, 0.25) is 0 Å². The summed E-state index contributed by atoms with van der Waals surface area (Å²) in [6.07, 6.45) is 1.86. The van der Waals surface area contributed by atoms with Gasteiger partial charge in [-0.2, -0.15) is 0 Å². The molecule has 1 atom stereocenters.